The minimum absolute atomic E-state index is 0.977. The van der Waals surface area contributed by atoms with Crippen molar-refractivity contribution in [1.82, 2.24) is 14.4 Å². The van der Waals surface area contributed by atoms with E-state index in [-0.39, 0.29) is 0 Å². The van der Waals surface area contributed by atoms with Gasteiger partial charge in [-0.15, -0.1) is 0 Å². The Morgan fingerprint density at radius 2 is 1.58 bits per heavy atom. The Hall–Kier alpha value is -3.98. The Balaban J connectivity index is 1.54. The Labute approximate surface area is 178 Å². The third-order valence-corrected chi connectivity index (χ3v) is 7.16. The van der Waals surface area contributed by atoms with Gasteiger partial charge in [0.15, 0.2) is 0 Å². The molecule has 0 unspecified atom stereocenters. The standard InChI is InChI=1S/C28H17N3/c1-2-5-19-16(4-1)14-17-7-9-20-22(24(17)19)15-18-8-10-21-26(25(18)20)28-30-12-13-31(28)23-6-3-11-29-27(21)23/h1-13H,14-15H2. The summed E-state index contributed by atoms with van der Waals surface area (Å²) in [7, 11) is 0. The zero-order valence-corrected chi connectivity index (χ0v) is 16.8. The zero-order chi connectivity index (χ0) is 20.1. The highest BCUT2D eigenvalue weighted by molar-refractivity contribution is 6.17. The van der Waals surface area contributed by atoms with Gasteiger partial charge in [-0.1, -0.05) is 48.5 Å². The van der Waals surface area contributed by atoms with E-state index in [1.54, 1.807) is 0 Å². The van der Waals surface area contributed by atoms with Crippen LogP contribution in [0.1, 0.15) is 22.3 Å². The van der Waals surface area contributed by atoms with Gasteiger partial charge < -0.3 is 0 Å². The fourth-order valence-electron chi connectivity index (χ4n) is 5.92. The number of imidazole rings is 1. The summed E-state index contributed by atoms with van der Waals surface area (Å²) < 4.78 is 2.19. The van der Waals surface area contributed by atoms with Crippen LogP contribution >= 0.6 is 0 Å². The van der Waals surface area contributed by atoms with Gasteiger partial charge in [0, 0.05) is 29.4 Å². The van der Waals surface area contributed by atoms with E-state index in [1.807, 2.05) is 24.7 Å². The topological polar surface area (TPSA) is 30.2 Å². The lowest BCUT2D eigenvalue weighted by atomic mass is 9.94. The summed E-state index contributed by atoms with van der Waals surface area (Å²) in [5.41, 5.74) is 14.5. The molecule has 0 amide bonds. The lowest BCUT2D eigenvalue weighted by Crippen LogP contribution is -1.94. The molecule has 3 aromatic carbocycles. The molecule has 144 valence electrons. The molecule has 0 fully saturated rings. The molecule has 0 N–H and O–H groups in total. The van der Waals surface area contributed by atoms with E-state index in [4.69, 9.17) is 9.97 Å². The molecule has 0 spiro atoms. The maximum Gasteiger partial charge on any atom is 0.145 e. The van der Waals surface area contributed by atoms with Gasteiger partial charge in [0.1, 0.15) is 5.65 Å². The number of benzene rings is 3. The van der Waals surface area contributed by atoms with Crippen LogP contribution in [0.4, 0.5) is 0 Å². The van der Waals surface area contributed by atoms with Crippen molar-refractivity contribution in [3.05, 3.63) is 102 Å². The summed E-state index contributed by atoms with van der Waals surface area (Å²) >= 11 is 0. The molecule has 31 heavy (non-hydrogen) atoms. The van der Waals surface area contributed by atoms with Gasteiger partial charge in [-0.25, -0.2) is 4.98 Å². The smallest absolute Gasteiger partial charge is 0.145 e. The molecule has 3 heterocycles. The van der Waals surface area contributed by atoms with Gasteiger partial charge >= 0.3 is 0 Å². The molecule has 8 rings (SSSR count). The van der Waals surface area contributed by atoms with E-state index in [9.17, 15) is 0 Å². The highest BCUT2D eigenvalue weighted by Gasteiger charge is 2.30. The summed E-state index contributed by atoms with van der Waals surface area (Å²) in [6.45, 7) is 0. The van der Waals surface area contributed by atoms with Gasteiger partial charge in [0.25, 0.3) is 0 Å². The first-order chi connectivity index (χ1) is 15.4. The molecule has 0 saturated carbocycles. The van der Waals surface area contributed by atoms with E-state index in [2.05, 4.69) is 59.0 Å². The molecular formula is C28H17N3. The van der Waals surface area contributed by atoms with Crippen LogP contribution in [0.25, 0.3) is 49.7 Å². The maximum absolute atomic E-state index is 4.79. The molecule has 0 radical (unpaired) electrons. The minimum atomic E-state index is 0.977. The van der Waals surface area contributed by atoms with Crippen molar-refractivity contribution in [1.29, 1.82) is 0 Å². The quantitative estimate of drug-likeness (QED) is 0.287. The van der Waals surface area contributed by atoms with Crippen LogP contribution in [-0.4, -0.2) is 14.4 Å². The second-order valence-electron chi connectivity index (χ2n) is 8.65. The van der Waals surface area contributed by atoms with Gasteiger partial charge in [-0.2, -0.15) is 0 Å². The number of rotatable bonds is 0. The summed E-state index contributed by atoms with van der Waals surface area (Å²) in [6.07, 6.45) is 7.85. The van der Waals surface area contributed by atoms with Crippen molar-refractivity contribution in [2.75, 3.05) is 0 Å². The summed E-state index contributed by atoms with van der Waals surface area (Å²) in [6, 6.07) is 22.2. The predicted octanol–water partition coefficient (Wildman–Crippen LogP) is 6.18. The van der Waals surface area contributed by atoms with E-state index < -0.39 is 0 Å². The van der Waals surface area contributed by atoms with Crippen LogP contribution in [0, 0.1) is 0 Å². The normalized spacial score (nSPS) is 13.5. The van der Waals surface area contributed by atoms with Gasteiger partial charge in [-0.3, -0.25) is 9.38 Å². The summed E-state index contributed by atoms with van der Waals surface area (Å²) in [4.78, 5) is 9.55. The second kappa shape index (κ2) is 5.38. The lowest BCUT2D eigenvalue weighted by Gasteiger charge is -2.12. The minimum Gasteiger partial charge on any atom is -0.298 e. The molecule has 2 aliphatic rings. The molecule has 0 atom stereocenters. The molecular weight excluding hydrogens is 378 g/mol. The SMILES string of the molecule is c1ccc2c(c1)Cc1ccc3c(c1-2)Cc1ccc2c4ncccc4n4ccnc4c2c1-3. The van der Waals surface area contributed by atoms with Crippen LogP contribution in [0.5, 0.6) is 0 Å². The Kier molecular flexibility index (Phi) is 2.74. The third-order valence-electron chi connectivity index (χ3n) is 7.16. The van der Waals surface area contributed by atoms with Crippen LogP contribution in [0.3, 0.4) is 0 Å². The highest BCUT2D eigenvalue weighted by Crippen LogP contribution is 2.50. The Bertz CT molecular complexity index is 1740. The average molecular weight is 395 g/mol. The first-order valence-electron chi connectivity index (χ1n) is 10.8. The number of pyridine rings is 2. The number of fused-ring (bicyclic) bond motifs is 14. The van der Waals surface area contributed by atoms with E-state index in [0.29, 0.717) is 0 Å². The number of hydrogen-bond acceptors (Lipinski definition) is 2. The van der Waals surface area contributed by atoms with Crippen LogP contribution in [0.15, 0.2) is 79.3 Å². The number of aromatic nitrogens is 3. The van der Waals surface area contributed by atoms with Crippen LogP contribution < -0.4 is 0 Å². The van der Waals surface area contributed by atoms with Crippen molar-refractivity contribution in [2.45, 2.75) is 12.8 Å². The maximum atomic E-state index is 4.79. The van der Waals surface area contributed by atoms with Crippen molar-refractivity contribution in [3.63, 3.8) is 0 Å². The van der Waals surface area contributed by atoms with Gasteiger partial charge in [0.2, 0.25) is 0 Å². The molecule has 0 bridgehead atoms. The molecule has 0 aliphatic heterocycles. The highest BCUT2D eigenvalue weighted by atomic mass is 15.0. The molecule has 2 aliphatic carbocycles. The monoisotopic (exact) mass is 395 g/mol. The van der Waals surface area contributed by atoms with Gasteiger partial charge in [-0.05, 0) is 69.5 Å². The van der Waals surface area contributed by atoms with Crippen molar-refractivity contribution >= 4 is 27.5 Å². The molecule has 3 heteroatoms. The zero-order valence-electron chi connectivity index (χ0n) is 16.8. The average Bonchev–Trinajstić information content (AvgIpc) is 3.53. The molecule has 3 nitrogen and oxygen atoms in total. The fraction of sp³-hybridized carbons (Fsp3) is 0.0714. The summed E-state index contributed by atoms with van der Waals surface area (Å²) in [5, 5.41) is 2.40. The van der Waals surface area contributed by atoms with Gasteiger partial charge in [0.05, 0.1) is 11.0 Å². The predicted molar refractivity (Wildman–Crippen MR) is 124 cm³/mol. The van der Waals surface area contributed by atoms with Crippen LogP contribution in [-0.2, 0) is 12.8 Å². The molecule has 3 aromatic heterocycles. The Morgan fingerprint density at radius 3 is 2.58 bits per heavy atom. The third kappa shape index (κ3) is 1.85. The van der Waals surface area contributed by atoms with Crippen molar-refractivity contribution < 1.29 is 0 Å². The van der Waals surface area contributed by atoms with E-state index >= 15 is 0 Å². The lowest BCUT2D eigenvalue weighted by molar-refractivity contribution is 1.23. The largest absolute Gasteiger partial charge is 0.298 e. The number of nitrogens with zero attached hydrogens (tertiary/aromatic N) is 3. The van der Waals surface area contributed by atoms with E-state index in [1.165, 1.54) is 55.3 Å². The molecule has 0 saturated heterocycles. The van der Waals surface area contributed by atoms with Crippen LogP contribution in [0.2, 0.25) is 0 Å². The van der Waals surface area contributed by atoms with E-state index in [0.717, 1.165) is 29.5 Å². The number of hydrogen-bond donors (Lipinski definition) is 0. The molecule has 6 aromatic rings. The first kappa shape index (κ1) is 15.8. The van der Waals surface area contributed by atoms with Crippen molar-refractivity contribution in [3.8, 4) is 22.3 Å². The fourth-order valence-corrected chi connectivity index (χ4v) is 5.92. The second-order valence-corrected chi connectivity index (χ2v) is 8.65. The van der Waals surface area contributed by atoms with Crippen molar-refractivity contribution in [2.24, 2.45) is 0 Å². The first-order valence-corrected chi connectivity index (χ1v) is 10.8. The summed E-state index contributed by atoms with van der Waals surface area (Å²) in [5.74, 6) is 0. The Morgan fingerprint density at radius 1 is 0.677 bits per heavy atom.